The lowest BCUT2D eigenvalue weighted by molar-refractivity contribution is 1.17. The van der Waals surface area contributed by atoms with Crippen LogP contribution in [-0.2, 0) is 0 Å². The van der Waals surface area contributed by atoms with Gasteiger partial charge in [-0.25, -0.2) is 9.97 Å². The molecule has 0 aliphatic heterocycles. The zero-order valence-electron chi connectivity index (χ0n) is 20.6. The summed E-state index contributed by atoms with van der Waals surface area (Å²) in [6.07, 6.45) is 0. The first-order valence-electron chi connectivity index (χ1n) is 12.6. The molecule has 2 aromatic heterocycles. The largest absolute Gasteiger partial charge is 0.310 e. The van der Waals surface area contributed by atoms with Gasteiger partial charge in [-0.05, 0) is 24.3 Å². The van der Waals surface area contributed by atoms with Crippen molar-refractivity contribution in [1.82, 2.24) is 14.5 Å². The van der Waals surface area contributed by atoms with Gasteiger partial charge in [-0.15, -0.1) is 0 Å². The average molecular weight is 483 g/mol. The molecular formula is C34H22BN3. The Labute approximate surface area is 222 Å². The maximum atomic E-state index is 6.53. The molecule has 0 aliphatic rings. The van der Waals surface area contributed by atoms with Crippen molar-refractivity contribution in [2.24, 2.45) is 0 Å². The number of benzene rings is 5. The molecule has 7 aromatic rings. The van der Waals surface area contributed by atoms with Crippen LogP contribution < -0.4 is 5.46 Å². The summed E-state index contributed by atoms with van der Waals surface area (Å²) >= 11 is 0. The van der Waals surface area contributed by atoms with Crippen molar-refractivity contribution in [3.05, 3.63) is 133 Å². The summed E-state index contributed by atoms with van der Waals surface area (Å²) in [4.78, 5) is 9.95. The number of hydrogen-bond donors (Lipinski definition) is 0. The van der Waals surface area contributed by atoms with Gasteiger partial charge in [0.05, 0.1) is 16.9 Å². The molecule has 0 unspecified atom stereocenters. The molecule has 5 aromatic carbocycles. The number of para-hydroxylation sites is 2. The van der Waals surface area contributed by atoms with Gasteiger partial charge in [-0.2, -0.15) is 0 Å². The second kappa shape index (κ2) is 9.17. The fourth-order valence-corrected chi connectivity index (χ4v) is 5.19. The highest BCUT2D eigenvalue weighted by Gasteiger charge is 2.15. The van der Waals surface area contributed by atoms with E-state index in [4.69, 9.17) is 17.8 Å². The van der Waals surface area contributed by atoms with Gasteiger partial charge in [-0.1, -0.05) is 115 Å². The fraction of sp³-hybridized carbons (Fsp3) is 0. The van der Waals surface area contributed by atoms with Crippen molar-refractivity contribution in [2.45, 2.75) is 0 Å². The molecule has 0 amide bonds. The van der Waals surface area contributed by atoms with Crippen molar-refractivity contribution >= 4 is 35.1 Å². The van der Waals surface area contributed by atoms with Crippen LogP contribution in [0.25, 0.3) is 61.4 Å². The molecule has 0 bridgehead atoms. The molecule has 2 heterocycles. The molecule has 2 radical (unpaired) electrons. The van der Waals surface area contributed by atoms with Gasteiger partial charge in [0.25, 0.3) is 0 Å². The van der Waals surface area contributed by atoms with Crippen molar-refractivity contribution in [3.63, 3.8) is 0 Å². The normalized spacial score (nSPS) is 11.3. The number of fused-ring (bicyclic) bond motifs is 3. The molecule has 0 fully saturated rings. The fourth-order valence-electron chi connectivity index (χ4n) is 5.19. The molecular weight excluding hydrogens is 461 g/mol. The number of aromatic nitrogens is 3. The molecule has 7 rings (SSSR count). The second-order valence-electron chi connectivity index (χ2n) is 9.34. The predicted octanol–water partition coefficient (Wildman–Crippen LogP) is 7.37. The zero-order valence-corrected chi connectivity index (χ0v) is 20.6. The minimum atomic E-state index is 0.702. The lowest BCUT2D eigenvalue weighted by atomic mass is 9.93. The summed E-state index contributed by atoms with van der Waals surface area (Å²) in [7, 11) is 6.53. The molecule has 176 valence electrons. The van der Waals surface area contributed by atoms with Crippen molar-refractivity contribution in [3.8, 4) is 39.6 Å². The van der Waals surface area contributed by atoms with Crippen molar-refractivity contribution in [2.75, 3.05) is 0 Å². The molecule has 4 heteroatoms. The van der Waals surface area contributed by atoms with Crippen LogP contribution in [0.4, 0.5) is 0 Å². The van der Waals surface area contributed by atoms with E-state index in [-0.39, 0.29) is 0 Å². The Morgan fingerprint density at radius 3 is 1.89 bits per heavy atom. The monoisotopic (exact) mass is 483 g/mol. The van der Waals surface area contributed by atoms with E-state index in [9.17, 15) is 0 Å². The summed E-state index contributed by atoms with van der Waals surface area (Å²) in [5, 5.41) is 2.32. The first-order chi connectivity index (χ1) is 18.8. The predicted molar refractivity (Wildman–Crippen MR) is 158 cm³/mol. The Kier molecular flexibility index (Phi) is 5.37. The standard InChI is InChI=1S/C34H22BN3/c35-29-19-10-18-28-27-17-7-8-20-32(27)38(33(28)29)26-16-9-15-25(21-26)31-22-30(23-11-3-1-4-12-23)36-34(37-31)24-13-5-2-6-14-24/h1-22H. The molecule has 0 spiro atoms. The first kappa shape index (κ1) is 22.3. The van der Waals surface area contributed by atoms with E-state index in [1.165, 1.54) is 5.39 Å². The van der Waals surface area contributed by atoms with E-state index in [2.05, 4.69) is 77.4 Å². The SMILES string of the molecule is [B]c1cccc2c3ccccc3n(-c3cccc(-c4cc(-c5ccccc5)nc(-c5ccccc5)n4)c3)c12. The Morgan fingerprint density at radius 1 is 0.500 bits per heavy atom. The highest BCUT2D eigenvalue weighted by Crippen LogP contribution is 2.33. The Hall–Kier alpha value is -4.96. The van der Waals surface area contributed by atoms with Gasteiger partial charge in [-0.3, -0.25) is 0 Å². The lowest BCUT2D eigenvalue weighted by Gasteiger charge is -2.13. The molecule has 0 aliphatic carbocycles. The van der Waals surface area contributed by atoms with E-state index in [1.54, 1.807) is 0 Å². The highest BCUT2D eigenvalue weighted by molar-refractivity contribution is 6.40. The van der Waals surface area contributed by atoms with Gasteiger partial charge in [0, 0.05) is 38.7 Å². The van der Waals surface area contributed by atoms with Crippen LogP contribution in [0.3, 0.4) is 0 Å². The smallest absolute Gasteiger partial charge is 0.160 e. The molecule has 38 heavy (non-hydrogen) atoms. The van der Waals surface area contributed by atoms with Gasteiger partial charge >= 0.3 is 0 Å². The minimum Gasteiger partial charge on any atom is -0.310 e. The Bertz CT molecular complexity index is 1870. The quantitative estimate of drug-likeness (QED) is 0.245. The van der Waals surface area contributed by atoms with Crippen LogP contribution >= 0.6 is 0 Å². The van der Waals surface area contributed by atoms with Crippen LogP contribution in [0.1, 0.15) is 0 Å². The van der Waals surface area contributed by atoms with E-state index in [1.807, 2.05) is 60.7 Å². The van der Waals surface area contributed by atoms with Crippen LogP contribution in [0.15, 0.2) is 133 Å². The van der Waals surface area contributed by atoms with Gasteiger partial charge in [0.2, 0.25) is 0 Å². The maximum Gasteiger partial charge on any atom is 0.160 e. The van der Waals surface area contributed by atoms with Crippen LogP contribution in [0.2, 0.25) is 0 Å². The molecule has 0 saturated heterocycles. The van der Waals surface area contributed by atoms with E-state index >= 15 is 0 Å². The Morgan fingerprint density at radius 2 is 1.11 bits per heavy atom. The van der Waals surface area contributed by atoms with Crippen LogP contribution in [0.5, 0.6) is 0 Å². The second-order valence-corrected chi connectivity index (χ2v) is 9.34. The van der Waals surface area contributed by atoms with Crippen LogP contribution in [0, 0.1) is 0 Å². The zero-order chi connectivity index (χ0) is 25.5. The van der Waals surface area contributed by atoms with Gasteiger partial charge < -0.3 is 4.57 Å². The third-order valence-electron chi connectivity index (χ3n) is 6.95. The van der Waals surface area contributed by atoms with Crippen molar-refractivity contribution in [1.29, 1.82) is 0 Å². The molecule has 0 N–H and O–H groups in total. The average Bonchev–Trinajstić information content (AvgIpc) is 3.34. The summed E-state index contributed by atoms with van der Waals surface area (Å²) in [6, 6.07) is 45.5. The third kappa shape index (κ3) is 3.79. The first-order valence-corrected chi connectivity index (χ1v) is 12.6. The van der Waals surface area contributed by atoms with E-state index < -0.39 is 0 Å². The highest BCUT2D eigenvalue weighted by atomic mass is 15.0. The molecule has 0 saturated carbocycles. The minimum absolute atomic E-state index is 0.702. The lowest BCUT2D eigenvalue weighted by Crippen LogP contribution is -2.08. The third-order valence-corrected chi connectivity index (χ3v) is 6.95. The summed E-state index contributed by atoms with van der Waals surface area (Å²) in [5.41, 5.74) is 8.74. The van der Waals surface area contributed by atoms with Crippen molar-refractivity contribution < 1.29 is 0 Å². The van der Waals surface area contributed by atoms with E-state index in [0.29, 0.717) is 5.82 Å². The van der Waals surface area contributed by atoms with E-state index in [0.717, 1.165) is 55.6 Å². The molecule has 3 nitrogen and oxygen atoms in total. The number of rotatable bonds is 4. The molecule has 0 atom stereocenters. The summed E-state index contributed by atoms with van der Waals surface area (Å²) < 4.78 is 2.25. The van der Waals surface area contributed by atoms with Crippen LogP contribution in [-0.4, -0.2) is 22.4 Å². The van der Waals surface area contributed by atoms with Gasteiger partial charge in [0.15, 0.2) is 5.82 Å². The summed E-state index contributed by atoms with van der Waals surface area (Å²) in [5.74, 6) is 0.702. The van der Waals surface area contributed by atoms with Gasteiger partial charge in [0.1, 0.15) is 7.85 Å². The number of nitrogens with zero attached hydrogens (tertiary/aromatic N) is 3. The number of hydrogen-bond acceptors (Lipinski definition) is 2. The Balaban J connectivity index is 1.45. The topological polar surface area (TPSA) is 30.7 Å². The summed E-state index contributed by atoms with van der Waals surface area (Å²) in [6.45, 7) is 0. The maximum absolute atomic E-state index is 6.53.